The first kappa shape index (κ1) is 17.3. The van der Waals surface area contributed by atoms with Crippen LogP contribution in [0.1, 0.15) is 5.56 Å². The van der Waals surface area contributed by atoms with E-state index in [4.69, 9.17) is 5.73 Å². The molecule has 8 heteroatoms. The van der Waals surface area contributed by atoms with Crippen LogP contribution in [0.5, 0.6) is 0 Å². The molecule has 0 aliphatic rings. The van der Waals surface area contributed by atoms with Gasteiger partial charge in [-0.1, -0.05) is 30.3 Å². The molecule has 0 unspecified atom stereocenters. The normalized spacial score (nSPS) is 10.5. The van der Waals surface area contributed by atoms with Crippen molar-refractivity contribution in [3.63, 3.8) is 0 Å². The summed E-state index contributed by atoms with van der Waals surface area (Å²) in [4.78, 5) is 37.7. The zero-order valence-electron chi connectivity index (χ0n) is 13.9. The van der Waals surface area contributed by atoms with Crippen LogP contribution >= 0.6 is 0 Å². The lowest BCUT2D eigenvalue weighted by molar-refractivity contribution is -0.126. The molecular weight excluding hydrogens is 310 g/mol. The fraction of sp³-hybridized carbons (Fsp3) is 0.312. The summed E-state index contributed by atoms with van der Waals surface area (Å²) in [5.74, 6) is -0.198. The standard InChI is InChI=1S/C16H21N5O3/c1-19(2)12(22)9-18-13-14(17)21(16(24)20(3)15(13)23)10-11-7-5-4-6-8-11/h4-8,18H,9-10,17H2,1-3H3. The van der Waals surface area contributed by atoms with E-state index in [0.717, 1.165) is 10.1 Å². The van der Waals surface area contributed by atoms with Gasteiger partial charge in [0.2, 0.25) is 5.91 Å². The fourth-order valence-corrected chi connectivity index (χ4v) is 2.19. The summed E-state index contributed by atoms with van der Waals surface area (Å²) in [6.07, 6.45) is 0. The van der Waals surface area contributed by atoms with E-state index in [-0.39, 0.29) is 30.5 Å². The van der Waals surface area contributed by atoms with Gasteiger partial charge in [-0.05, 0) is 5.56 Å². The second kappa shape index (κ2) is 7.03. The second-order valence-corrected chi connectivity index (χ2v) is 5.62. The number of nitrogens with two attached hydrogens (primary N) is 1. The summed E-state index contributed by atoms with van der Waals surface area (Å²) in [6, 6.07) is 9.30. The first-order valence-electron chi connectivity index (χ1n) is 7.40. The average Bonchev–Trinajstić information content (AvgIpc) is 2.57. The van der Waals surface area contributed by atoms with Crippen molar-refractivity contribution in [1.29, 1.82) is 0 Å². The van der Waals surface area contributed by atoms with Gasteiger partial charge in [-0.2, -0.15) is 0 Å². The van der Waals surface area contributed by atoms with Crippen LogP contribution in [0.25, 0.3) is 0 Å². The first-order chi connectivity index (χ1) is 11.3. The molecule has 8 nitrogen and oxygen atoms in total. The Hall–Kier alpha value is -3.03. The van der Waals surface area contributed by atoms with Crippen LogP contribution in [0.4, 0.5) is 11.5 Å². The van der Waals surface area contributed by atoms with E-state index in [1.807, 2.05) is 30.3 Å². The van der Waals surface area contributed by atoms with Gasteiger partial charge in [0.1, 0.15) is 11.5 Å². The minimum Gasteiger partial charge on any atom is -0.383 e. The number of carbonyl (C=O) groups excluding carboxylic acids is 1. The summed E-state index contributed by atoms with van der Waals surface area (Å²) in [5, 5.41) is 2.75. The van der Waals surface area contributed by atoms with Gasteiger partial charge in [-0.25, -0.2) is 4.79 Å². The highest BCUT2D eigenvalue weighted by atomic mass is 16.2. The van der Waals surface area contributed by atoms with Crippen LogP contribution in [0.2, 0.25) is 0 Å². The molecule has 24 heavy (non-hydrogen) atoms. The number of nitrogens with zero attached hydrogens (tertiary/aromatic N) is 3. The molecule has 1 aromatic heterocycles. The Morgan fingerprint density at radius 1 is 1.21 bits per heavy atom. The third-order valence-corrected chi connectivity index (χ3v) is 3.68. The van der Waals surface area contributed by atoms with Crippen LogP contribution in [0, 0.1) is 0 Å². The molecule has 128 valence electrons. The molecule has 0 saturated heterocycles. The number of amides is 1. The van der Waals surface area contributed by atoms with E-state index in [9.17, 15) is 14.4 Å². The Morgan fingerprint density at radius 3 is 2.42 bits per heavy atom. The number of carbonyl (C=O) groups is 1. The van der Waals surface area contributed by atoms with Gasteiger partial charge in [0.15, 0.2) is 0 Å². The molecule has 0 aliphatic heterocycles. The predicted octanol–water partition coefficient (Wildman–Crippen LogP) is -0.322. The number of rotatable bonds is 5. The highest BCUT2D eigenvalue weighted by Crippen LogP contribution is 2.12. The van der Waals surface area contributed by atoms with E-state index in [1.54, 1.807) is 14.1 Å². The number of benzene rings is 1. The molecule has 0 radical (unpaired) electrons. The third kappa shape index (κ3) is 3.48. The van der Waals surface area contributed by atoms with E-state index >= 15 is 0 Å². The van der Waals surface area contributed by atoms with Crippen LogP contribution in [-0.2, 0) is 18.4 Å². The van der Waals surface area contributed by atoms with Crippen molar-refractivity contribution < 1.29 is 4.79 Å². The Morgan fingerprint density at radius 2 is 1.83 bits per heavy atom. The molecule has 0 saturated carbocycles. The Balaban J connectivity index is 2.43. The minimum absolute atomic E-state index is 0.0125. The lowest BCUT2D eigenvalue weighted by Gasteiger charge is -2.17. The van der Waals surface area contributed by atoms with Crippen molar-refractivity contribution in [3.05, 3.63) is 56.7 Å². The van der Waals surface area contributed by atoms with Crippen molar-refractivity contribution in [1.82, 2.24) is 14.0 Å². The van der Waals surface area contributed by atoms with Gasteiger partial charge in [-0.15, -0.1) is 0 Å². The molecule has 1 amide bonds. The van der Waals surface area contributed by atoms with E-state index < -0.39 is 11.2 Å². The number of likely N-dealkylation sites (N-methyl/N-ethyl adjacent to an activating group) is 1. The van der Waals surface area contributed by atoms with E-state index in [0.29, 0.717) is 0 Å². The zero-order chi connectivity index (χ0) is 17.9. The van der Waals surface area contributed by atoms with E-state index in [2.05, 4.69) is 5.32 Å². The van der Waals surface area contributed by atoms with Crippen molar-refractivity contribution >= 4 is 17.4 Å². The second-order valence-electron chi connectivity index (χ2n) is 5.62. The van der Waals surface area contributed by atoms with Crippen LogP contribution in [0.3, 0.4) is 0 Å². The SMILES string of the molecule is CN(C)C(=O)CNc1c(N)n(Cc2ccccc2)c(=O)n(C)c1=O. The summed E-state index contributed by atoms with van der Waals surface area (Å²) < 4.78 is 2.28. The Labute approximate surface area is 139 Å². The van der Waals surface area contributed by atoms with Crippen molar-refractivity contribution in [2.24, 2.45) is 7.05 Å². The zero-order valence-corrected chi connectivity index (χ0v) is 13.9. The molecular formula is C16H21N5O3. The molecule has 3 N–H and O–H groups in total. The number of nitrogens with one attached hydrogen (secondary N) is 1. The number of nitrogen functional groups attached to an aromatic ring is 1. The number of hydrogen-bond acceptors (Lipinski definition) is 5. The largest absolute Gasteiger partial charge is 0.383 e. The van der Waals surface area contributed by atoms with Crippen molar-refractivity contribution in [3.8, 4) is 0 Å². The van der Waals surface area contributed by atoms with Gasteiger partial charge in [0.05, 0.1) is 13.1 Å². The molecule has 0 bridgehead atoms. The lowest BCUT2D eigenvalue weighted by atomic mass is 10.2. The monoisotopic (exact) mass is 331 g/mol. The van der Waals surface area contributed by atoms with Gasteiger partial charge in [0, 0.05) is 21.1 Å². The first-order valence-corrected chi connectivity index (χ1v) is 7.40. The Bertz CT molecular complexity index is 852. The highest BCUT2D eigenvalue weighted by molar-refractivity contribution is 5.81. The fourth-order valence-electron chi connectivity index (χ4n) is 2.19. The summed E-state index contributed by atoms with van der Waals surface area (Å²) >= 11 is 0. The van der Waals surface area contributed by atoms with Gasteiger partial charge >= 0.3 is 5.69 Å². The topological polar surface area (TPSA) is 102 Å². The molecule has 2 rings (SSSR count). The van der Waals surface area contributed by atoms with Gasteiger partial charge in [0.25, 0.3) is 5.56 Å². The van der Waals surface area contributed by atoms with Crippen LogP contribution in [-0.4, -0.2) is 40.6 Å². The molecule has 2 aromatic rings. The predicted molar refractivity (Wildman–Crippen MR) is 93.1 cm³/mol. The minimum atomic E-state index is -0.562. The maximum absolute atomic E-state index is 12.4. The van der Waals surface area contributed by atoms with E-state index in [1.165, 1.54) is 16.5 Å². The molecule has 1 aromatic carbocycles. The quantitative estimate of drug-likeness (QED) is 0.781. The molecule has 0 spiro atoms. The van der Waals surface area contributed by atoms with Crippen molar-refractivity contribution in [2.75, 3.05) is 31.7 Å². The number of hydrogen-bond donors (Lipinski definition) is 2. The lowest BCUT2D eigenvalue weighted by Crippen LogP contribution is -2.41. The van der Waals surface area contributed by atoms with Crippen molar-refractivity contribution in [2.45, 2.75) is 6.54 Å². The number of aromatic nitrogens is 2. The molecule has 0 atom stereocenters. The summed E-state index contributed by atoms with van der Waals surface area (Å²) in [7, 11) is 4.61. The van der Waals surface area contributed by atoms with Gasteiger partial charge in [-0.3, -0.25) is 18.7 Å². The Kier molecular flexibility index (Phi) is 5.08. The van der Waals surface area contributed by atoms with Crippen LogP contribution < -0.4 is 22.3 Å². The molecule has 0 fully saturated rings. The number of anilines is 2. The molecule has 1 heterocycles. The van der Waals surface area contributed by atoms with Crippen LogP contribution in [0.15, 0.2) is 39.9 Å². The smallest absolute Gasteiger partial charge is 0.332 e. The summed E-state index contributed by atoms with van der Waals surface area (Å²) in [5.41, 5.74) is 5.88. The highest BCUT2D eigenvalue weighted by Gasteiger charge is 2.16. The molecule has 0 aliphatic carbocycles. The maximum atomic E-state index is 12.4. The summed E-state index contributed by atoms with van der Waals surface area (Å²) in [6.45, 7) is 0.145. The third-order valence-electron chi connectivity index (χ3n) is 3.68. The average molecular weight is 331 g/mol. The maximum Gasteiger partial charge on any atom is 0.332 e. The van der Waals surface area contributed by atoms with Gasteiger partial charge < -0.3 is 16.0 Å².